The van der Waals surface area contributed by atoms with E-state index in [1.807, 2.05) is 0 Å². The number of halogens is 4. The van der Waals surface area contributed by atoms with Crippen LogP contribution in [0.3, 0.4) is 0 Å². The molecule has 1 aromatic carbocycles. The summed E-state index contributed by atoms with van der Waals surface area (Å²) in [6.07, 6.45) is 1.30. The molecular weight excluding hydrogens is 273 g/mol. The van der Waals surface area contributed by atoms with Gasteiger partial charge in [0.15, 0.2) is 0 Å². The van der Waals surface area contributed by atoms with E-state index in [1.54, 1.807) is 6.07 Å². The van der Waals surface area contributed by atoms with Crippen LogP contribution in [0, 0.1) is 5.82 Å². The lowest BCUT2D eigenvalue weighted by Gasteiger charge is -1.99. The molecular formula is C10H8Cl3FN2. The molecule has 16 heavy (non-hydrogen) atoms. The second kappa shape index (κ2) is 6.09. The first kappa shape index (κ1) is 13.3. The van der Waals surface area contributed by atoms with Gasteiger partial charge in [-0.25, -0.2) is 4.39 Å². The van der Waals surface area contributed by atoms with E-state index >= 15 is 0 Å². The van der Waals surface area contributed by atoms with Crippen molar-refractivity contribution in [2.75, 3.05) is 0 Å². The Balaban J connectivity index is 2.75. The van der Waals surface area contributed by atoms with Gasteiger partial charge in [-0.3, -0.25) is 4.99 Å². The molecule has 0 atom stereocenters. The maximum absolute atomic E-state index is 13.0. The molecule has 0 aliphatic rings. The average molecular weight is 282 g/mol. The lowest BCUT2D eigenvalue weighted by atomic mass is 10.2. The highest BCUT2D eigenvalue weighted by Crippen LogP contribution is 2.16. The average Bonchev–Trinajstić information content (AvgIpc) is 2.19. The van der Waals surface area contributed by atoms with Crippen molar-refractivity contribution < 1.29 is 4.39 Å². The number of nitrogens with zero attached hydrogens (tertiary/aromatic N) is 1. The summed E-state index contributed by atoms with van der Waals surface area (Å²) in [4.78, 5) is 3.94. The summed E-state index contributed by atoms with van der Waals surface area (Å²) >= 11 is 16.6. The molecule has 6 heteroatoms. The Kier molecular flexibility index (Phi) is 5.06. The second-order valence-corrected chi connectivity index (χ2v) is 4.15. The summed E-state index contributed by atoms with van der Waals surface area (Å²) in [7, 11) is 0. The maximum Gasteiger partial charge on any atom is 0.142 e. The van der Waals surface area contributed by atoms with E-state index in [9.17, 15) is 4.39 Å². The van der Waals surface area contributed by atoms with Crippen molar-refractivity contribution in [1.82, 2.24) is 0 Å². The van der Waals surface area contributed by atoms with Crippen LogP contribution in [-0.2, 0) is 6.54 Å². The molecule has 2 nitrogen and oxygen atoms in total. The third-order valence-corrected chi connectivity index (χ3v) is 2.30. The Morgan fingerprint density at radius 1 is 1.44 bits per heavy atom. The Morgan fingerprint density at radius 2 is 2.12 bits per heavy atom. The highest BCUT2D eigenvalue weighted by molar-refractivity contribution is 6.68. The summed E-state index contributed by atoms with van der Waals surface area (Å²) in [6.45, 7) is 0.230. The van der Waals surface area contributed by atoms with Crippen molar-refractivity contribution in [3.8, 4) is 0 Å². The molecule has 0 amide bonds. The zero-order valence-electron chi connectivity index (χ0n) is 8.05. The first-order chi connectivity index (χ1) is 7.49. The van der Waals surface area contributed by atoms with Crippen LogP contribution < -0.4 is 5.73 Å². The molecule has 0 saturated heterocycles. The minimum atomic E-state index is -0.488. The minimum absolute atomic E-state index is 0.0380. The molecule has 0 unspecified atom stereocenters. The molecule has 0 bridgehead atoms. The second-order valence-electron chi connectivity index (χ2n) is 2.92. The van der Waals surface area contributed by atoms with Crippen LogP contribution >= 0.6 is 34.8 Å². The van der Waals surface area contributed by atoms with Crippen molar-refractivity contribution >= 4 is 40.0 Å². The summed E-state index contributed by atoms with van der Waals surface area (Å²) < 4.78 is 13.0. The van der Waals surface area contributed by atoms with E-state index in [2.05, 4.69) is 4.99 Å². The van der Waals surface area contributed by atoms with Crippen LogP contribution in [0.15, 0.2) is 34.4 Å². The minimum Gasteiger partial charge on any atom is -0.389 e. The SMILES string of the molecule is N/C(Cl)=C\C(Cl)=N/Cc1ccc(Cl)c(F)c1. The molecule has 0 saturated carbocycles. The fraction of sp³-hybridized carbons (Fsp3) is 0.100. The van der Waals surface area contributed by atoms with Gasteiger partial charge in [0.1, 0.15) is 16.1 Å². The lowest BCUT2D eigenvalue weighted by molar-refractivity contribution is 0.626. The summed E-state index contributed by atoms with van der Waals surface area (Å²) in [5, 5.41) is 0.266. The van der Waals surface area contributed by atoms with Gasteiger partial charge in [-0.2, -0.15) is 0 Å². The van der Waals surface area contributed by atoms with Crippen LogP contribution in [0.1, 0.15) is 5.56 Å². The zero-order chi connectivity index (χ0) is 12.1. The van der Waals surface area contributed by atoms with E-state index in [0.717, 1.165) is 0 Å². The summed E-state index contributed by atoms with van der Waals surface area (Å²) in [5.41, 5.74) is 5.84. The Morgan fingerprint density at radius 3 is 2.69 bits per heavy atom. The van der Waals surface area contributed by atoms with E-state index in [4.69, 9.17) is 40.5 Å². The molecule has 0 aliphatic carbocycles. The van der Waals surface area contributed by atoms with Crippen LogP contribution in [0.5, 0.6) is 0 Å². The number of allylic oxidation sites excluding steroid dienone is 1. The van der Waals surface area contributed by atoms with Gasteiger partial charge in [0.05, 0.1) is 11.6 Å². The van der Waals surface area contributed by atoms with Crippen molar-refractivity contribution in [3.63, 3.8) is 0 Å². The molecule has 1 rings (SSSR count). The Hall–Kier alpha value is -0.770. The molecule has 0 heterocycles. The van der Waals surface area contributed by atoms with E-state index < -0.39 is 5.82 Å². The van der Waals surface area contributed by atoms with Gasteiger partial charge >= 0.3 is 0 Å². The fourth-order valence-corrected chi connectivity index (χ4v) is 1.42. The molecule has 2 N–H and O–H groups in total. The van der Waals surface area contributed by atoms with Gasteiger partial charge in [0.25, 0.3) is 0 Å². The highest BCUT2D eigenvalue weighted by atomic mass is 35.5. The number of benzene rings is 1. The van der Waals surface area contributed by atoms with Gasteiger partial charge in [-0.1, -0.05) is 40.9 Å². The monoisotopic (exact) mass is 280 g/mol. The topological polar surface area (TPSA) is 38.4 Å². The third-order valence-electron chi connectivity index (χ3n) is 1.65. The van der Waals surface area contributed by atoms with E-state index in [0.29, 0.717) is 5.56 Å². The number of aliphatic imine (C=N–C) groups is 1. The van der Waals surface area contributed by atoms with Gasteiger partial charge in [0, 0.05) is 6.08 Å². The van der Waals surface area contributed by atoms with Gasteiger partial charge in [-0.15, -0.1) is 0 Å². The smallest absolute Gasteiger partial charge is 0.142 e. The number of nitrogens with two attached hydrogens (primary N) is 1. The standard InChI is InChI=1S/C10H8Cl3FN2/c11-7-2-1-6(3-8(7)14)5-16-10(13)4-9(12)15/h1-4H,5,15H2/b9-4-,16-10+. The number of hydrogen-bond donors (Lipinski definition) is 1. The Bertz CT molecular complexity index is 440. The van der Waals surface area contributed by atoms with E-state index in [-0.39, 0.29) is 21.9 Å². The van der Waals surface area contributed by atoms with Crippen LogP contribution in [0.4, 0.5) is 4.39 Å². The molecule has 0 fully saturated rings. The molecule has 86 valence electrons. The normalized spacial score (nSPS) is 13.0. The van der Waals surface area contributed by atoms with Crippen LogP contribution in [0.2, 0.25) is 5.02 Å². The molecule has 1 aromatic rings. The molecule has 0 radical (unpaired) electrons. The van der Waals surface area contributed by atoms with Gasteiger partial charge in [0.2, 0.25) is 0 Å². The van der Waals surface area contributed by atoms with Crippen molar-refractivity contribution in [2.45, 2.75) is 6.54 Å². The first-order valence-electron chi connectivity index (χ1n) is 4.25. The third kappa shape index (κ3) is 4.39. The van der Waals surface area contributed by atoms with Crippen LogP contribution in [-0.4, -0.2) is 5.17 Å². The summed E-state index contributed by atoms with van der Waals surface area (Å²) in [5.74, 6) is -0.488. The van der Waals surface area contributed by atoms with Gasteiger partial charge < -0.3 is 5.73 Å². The maximum atomic E-state index is 13.0. The van der Waals surface area contributed by atoms with Crippen molar-refractivity contribution in [1.29, 1.82) is 0 Å². The summed E-state index contributed by atoms with van der Waals surface area (Å²) in [6, 6.07) is 4.41. The largest absolute Gasteiger partial charge is 0.389 e. The predicted octanol–water partition coefficient (Wildman–Crippen LogP) is 3.66. The lowest BCUT2D eigenvalue weighted by Crippen LogP contribution is -1.92. The molecule has 0 aromatic heterocycles. The zero-order valence-corrected chi connectivity index (χ0v) is 10.3. The van der Waals surface area contributed by atoms with Crippen molar-refractivity contribution in [3.05, 3.63) is 45.8 Å². The first-order valence-corrected chi connectivity index (χ1v) is 5.39. The quantitative estimate of drug-likeness (QED) is 0.666. The predicted molar refractivity (Wildman–Crippen MR) is 66.5 cm³/mol. The van der Waals surface area contributed by atoms with Crippen molar-refractivity contribution in [2.24, 2.45) is 10.7 Å². The highest BCUT2D eigenvalue weighted by Gasteiger charge is 2.00. The fourth-order valence-electron chi connectivity index (χ4n) is 0.964. The van der Waals surface area contributed by atoms with E-state index in [1.165, 1.54) is 18.2 Å². The van der Waals surface area contributed by atoms with Gasteiger partial charge in [-0.05, 0) is 17.7 Å². The number of hydrogen-bond acceptors (Lipinski definition) is 2. The Labute approximate surface area is 108 Å². The number of rotatable bonds is 3. The van der Waals surface area contributed by atoms with Crippen LogP contribution in [0.25, 0.3) is 0 Å². The molecule has 0 aliphatic heterocycles. The molecule has 0 spiro atoms.